The number of hydrogen-bond donors (Lipinski definition) is 0. The second kappa shape index (κ2) is 6.70. The van der Waals surface area contributed by atoms with E-state index in [4.69, 9.17) is 0 Å². The summed E-state index contributed by atoms with van der Waals surface area (Å²) in [6.07, 6.45) is 11.2. The van der Waals surface area contributed by atoms with Crippen LogP contribution in [0.3, 0.4) is 0 Å². The minimum Gasteiger partial charge on any atom is -0.200 e. The van der Waals surface area contributed by atoms with Crippen molar-refractivity contribution in [2.24, 2.45) is 24.8 Å². The van der Waals surface area contributed by atoms with Crippen LogP contribution in [0.4, 0.5) is 0 Å². The number of pyridine rings is 1. The number of benzene rings is 3. The molecule has 9 rings (SSSR count). The van der Waals surface area contributed by atoms with Gasteiger partial charge in [-0.25, -0.2) is 4.57 Å². The molecule has 2 heterocycles. The molecule has 2 heteroatoms. The third kappa shape index (κ3) is 2.52. The number of aromatic nitrogens is 1. The van der Waals surface area contributed by atoms with E-state index in [0.717, 1.165) is 17.8 Å². The third-order valence-corrected chi connectivity index (χ3v) is 12.3. The summed E-state index contributed by atoms with van der Waals surface area (Å²) in [5.41, 5.74) is 6.51. The molecule has 0 N–H and O–H groups in total. The Morgan fingerprint density at radius 2 is 1.56 bits per heavy atom. The Kier molecular flexibility index (Phi) is 3.94. The van der Waals surface area contributed by atoms with Gasteiger partial charge in [-0.2, -0.15) is 0 Å². The molecule has 170 valence electrons. The van der Waals surface area contributed by atoms with Gasteiger partial charge >= 0.3 is 0 Å². The van der Waals surface area contributed by atoms with Crippen LogP contribution in [0.2, 0.25) is 0 Å². The molecule has 4 fully saturated rings. The van der Waals surface area contributed by atoms with Crippen molar-refractivity contribution in [2.75, 3.05) is 6.66 Å². The SMILES string of the molecule is Cc1c2c(cc3ccccc13)P(C)c1cc(C34CC5CC(CC(C5)C3)C4)cc3cc[n+](C)c-2c13. The van der Waals surface area contributed by atoms with E-state index in [-0.39, 0.29) is 7.92 Å². The lowest BCUT2D eigenvalue weighted by Gasteiger charge is -2.57. The van der Waals surface area contributed by atoms with Gasteiger partial charge in [0.2, 0.25) is 5.69 Å². The van der Waals surface area contributed by atoms with Crippen molar-refractivity contribution in [3.8, 4) is 11.3 Å². The minimum absolute atomic E-state index is 0.385. The Balaban J connectivity index is 1.42. The molecular formula is C32H33NP+. The van der Waals surface area contributed by atoms with Gasteiger partial charge in [0.05, 0.1) is 10.9 Å². The van der Waals surface area contributed by atoms with Gasteiger partial charge in [-0.15, -0.1) is 0 Å². The van der Waals surface area contributed by atoms with E-state index >= 15 is 0 Å². The number of fused-ring (bicyclic) bond motifs is 3. The zero-order chi connectivity index (χ0) is 22.8. The fourth-order valence-electron chi connectivity index (χ4n) is 9.02. The highest BCUT2D eigenvalue weighted by atomic mass is 31.1. The van der Waals surface area contributed by atoms with Gasteiger partial charge in [-0.05, 0) is 133 Å². The first kappa shape index (κ1) is 20.0. The molecule has 1 nitrogen and oxygen atoms in total. The molecule has 1 aliphatic heterocycles. The van der Waals surface area contributed by atoms with Crippen molar-refractivity contribution < 1.29 is 4.57 Å². The quantitative estimate of drug-likeness (QED) is 0.221. The highest BCUT2D eigenvalue weighted by molar-refractivity contribution is 7.73. The lowest BCUT2D eigenvalue weighted by molar-refractivity contribution is -0.659. The van der Waals surface area contributed by atoms with E-state index in [0.29, 0.717) is 5.41 Å². The van der Waals surface area contributed by atoms with Crippen LogP contribution in [-0.4, -0.2) is 6.66 Å². The van der Waals surface area contributed by atoms with Gasteiger partial charge in [0.1, 0.15) is 7.05 Å². The summed E-state index contributed by atoms with van der Waals surface area (Å²) in [6.45, 7) is 4.87. The number of nitrogens with zero attached hydrogens (tertiary/aromatic N) is 1. The van der Waals surface area contributed by atoms with E-state index in [1.54, 1.807) is 16.2 Å². The first-order valence-corrected chi connectivity index (χ1v) is 15.0. The van der Waals surface area contributed by atoms with Gasteiger partial charge in [0.25, 0.3) is 0 Å². The third-order valence-electron chi connectivity index (χ3n) is 10.1. The van der Waals surface area contributed by atoms with Crippen LogP contribution in [-0.2, 0) is 12.5 Å². The Morgan fingerprint density at radius 1 is 0.853 bits per heavy atom. The van der Waals surface area contributed by atoms with Crippen molar-refractivity contribution in [3.63, 3.8) is 0 Å². The van der Waals surface area contributed by atoms with Gasteiger partial charge in [0.15, 0.2) is 6.20 Å². The molecule has 4 aromatic rings. The summed E-state index contributed by atoms with van der Waals surface area (Å²) in [5, 5.41) is 9.00. The van der Waals surface area contributed by atoms with E-state index in [1.807, 2.05) is 0 Å². The maximum atomic E-state index is 2.71. The summed E-state index contributed by atoms with van der Waals surface area (Å²) < 4.78 is 2.39. The fraction of sp³-hybridized carbons (Fsp3) is 0.406. The van der Waals surface area contributed by atoms with Gasteiger partial charge in [0, 0.05) is 6.07 Å². The maximum Gasteiger partial charge on any atom is 0.221 e. The maximum absolute atomic E-state index is 2.71. The van der Waals surface area contributed by atoms with Crippen LogP contribution in [0.15, 0.2) is 54.7 Å². The molecule has 0 saturated heterocycles. The predicted octanol–water partition coefficient (Wildman–Crippen LogP) is 6.64. The summed E-state index contributed by atoms with van der Waals surface area (Å²) in [7, 11) is 1.86. The van der Waals surface area contributed by atoms with Crippen molar-refractivity contribution in [3.05, 3.63) is 65.9 Å². The van der Waals surface area contributed by atoms with Crippen LogP contribution >= 0.6 is 7.92 Å². The molecule has 1 atom stereocenters. The Hall–Kier alpha value is -2.24. The van der Waals surface area contributed by atoms with E-state index in [1.165, 1.54) is 76.9 Å². The molecule has 5 aliphatic rings. The summed E-state index contributed by atoms with van der Waals surface area (Å²) in [6, 6.07) is 19.2. The standard InChI is InChI=1S/C32H33NP/c1-19-26-7-5-4-6-23(26)14-27-29(19)31-30-24(8-9-33(31)2)13-25(15-28(30)34(27)3)32-16-20-10-21(17-32)12-22(11-20)18-32/h4-9,13-15,20-22H,10-12,16-18H2,1-3H3/q+1. The lowest BCUT2D eigenvalue weighted by Crippen LogP contribution is -2.48. The molecule has 34 heavy (non-hydrogen) atoms. The minimum atomic E-state index is -0.385. The van der Waals surface area contributed by atoms with Crippen LogP contribution in [0.1, 0.15) is 49.7 Å². The molecule has 0 amide bonds. The van der Waals surface area contributed by atoms with Crippen molar-refractivity contribution in [1.82, 2.24) is 0 Å². The monoisotopic (exact) mass is 462 g/mol. The molecular weight excluding hydrogens is 429 g/mol. The molecule has 3 aromatic carbocycles. The Bertz CT molecular complexity index is 1490. The molecule has 1 unspecified atom stereocenters. The Morgan fingerprint density at radius 3 is 2.29 bits per heavy atom. The summed E-state index contributed by atoms with van der Waals surface area (Å²) >= 11 is 0. The molecule has 1 aromatic heterocycles. The normalized spacial score (nSPS) is 30.8. The summed E-state index contributed by atoms with van der Waals surface area (Å²) in [5.74, 6) is 2.96. The van der Waals surface area contributed by atoms with Crippen molar-refractivity contribution in [2.45, 2.75) is 50.9 Å². The van der Waals surface area contributed by atoms with Gasteiger partial charge in [-0.1, -0.05) is 30.3 Å². The lowest BCUT2D eigenvalue weighted by atomic mass is 9.48. The average molecular weight is 463 g/mol. The Labute approximate surface area is 204 Å². The molecule has 0 radical (unpaired) electrons. The second-order valence-corrected chi connectivity index (χ2v) is 14.2. The predicted molar refractivity (Wildman–Crippen MR) is 145 cm³/mol. The van der Waals surface area contributed by atoms with Crippen LogP contribution < -0.4 is 15.2 Å². The number of hydrogen-bond acceptors (Lipinski definition) is 0. The fourth-order valence-corrected chi connectivity index (χ4v) is 11.1. The first-order valence-electron chi connectivity index (χ1n) is 13.2. The van der Waals surface area contributed by atoms with E-state index in [2.05, 4.69) is 79.9 Å². The molecule has 4 saturated carbocycles. The largest absolute Gasteiger partial charge is 0.221 e. The van der Waals surface area contributed by atoms with Crippen molar-refractivity contribution >= 4 is 40.1 Å². The highest BCUT2D eigenvalue weighted by Crippen LogP contribution is 2.61. The van der Waals surface area contributed by atoms with E-state index in [9.17, 15) is 0 Å². The number of rotatable bonds is 1. The molecule has 4 bridgehead atoms. The zero-order valence-corrected chi connectivity index (χ0v) is 21.5. The molecule has 0 spiro atoms. The zero-order valence-electron chi connectivity index (χ0n) is 20.6. The average Bonchev–Trinajstić information content (AvgIpc) is 2.82. The van der Waals surface area contributed by atoms with E-state index < -0.39 is 0 Å². The van der Waals surface area contributed by atoms with Gasteiger partial charge < -0.3 is 0 Å². The molecule has 4 aliphatic carbocycles. The summed E-state index contributed by atoms with van der Waals surface area (Å²) in [4.78, 5) is 0. The topological polar surface area (TPSA) is 3.88 Å². The van der Waals surface area contributed by atoms with Crippen LogP contribution in [0, 0.1) is 24.7 Å². The first-order chi connectivity index (χ1) is 16.5. The second-order valence-electron chi connectivity index (χ2n) is 12.1. The van der Waals surface area contributed by atoms with Crippen LogP contribution in [0.5, 0.6) is 0 Å². The van der Waals surface area contributed by atoms with Gasteiger partial charge in [-0.3, -0.25) is 0 Å². The highest BCUT2D eigenvalue weighted by Gasteiger charge is 2.52. The van der Waals surface area contributed by atoms with Crippen molar-refractivity contribution in [1.29, 1.82) is 0 Å². The number of aryl methyl sites for hydroxylation is 2. The van der Waals surface area contributed by atoms with Crippen LogP contribution in [0.25, 0.3) is 32.8 Å². The smallest absolute Gasteiger partial charge is 0.200 e.